The number of hydrogen-bond acceptors (Lipinski definition) is 2. The molecule has 1 heterocycles. The van der Waals surface area contributed by atoms with Crippen molar-refractivity contribution < 1.29 is 0 Å². The molecule has 2 unspecified atom stereocenters. The second-order valence-corrected chi connectivity index (χ2v) is 5.16. The summed E-state index contributed by atoms with van der Waals surface area (Å²) < 4.78 is 2.27. The van der Waals surface area contributed by atoms with E-state index in [1.54, 1.807) is 0 Å². The van der Waals surface area contributed by atoms with Crippen LogP contribution in [0.2, 0.25) is 0 Å². The molecule has 0 aliphatic heterocycles. The SMILES string of the molecule is CCCNC1CCC(Cc2nccn2CC)C1. The monoisotopic (exact) mass is 235 g/mol. The summed E-state index contributed by atoms with van der Waals surface area (Å²) >= 11 is 0. The van der Waals surface area contributed by atoms with Crippen LogP contribution in [0.1, 0.15) is 45.4 Å². The van der Waals surface area contributed by atoms with Crippen LogP contribution >= 0.6 is 0 Å². The molecular formula is C14H25N3. The van der Waals surface area contributed by atoms with Crippen LogP contribution < -0.4 is 5.32 Å². The summed E-state index contributed by atoms with van der Waals surface area (Å²) in [5.74, 6) is 2.10. The van der Waals surface area contributed by atoms with E-state index < -0.39 is 0 Å². The predicted molar refractivity (Wildman–Crippen MR) is 71.0 cm³/mol. The van der Waals surface area contributed by atoms with Gasteiger partial charge in [-0.2, -0.15) is 0 Å². The normalized spacial score (nSPS) is 24.4. The molecule has 96 valence electrons. The lowest BCUT2D eigenvalue weighted by Gasteiger charge is -2.13. The second kappa shape index (κ2) is 6.20. The number of imidazole rings is 1. The third-order valence-electron chi connectivity index (χ3n) is 3.84. The molecule has 1 aliphatic carbocycles. The molecule has 1 aliphatic rings. The molecule has 0 radical (unpaired) electrons. The van der Waals surface area contributed by atoms with Gasteiger partial charge in [0.25, 0.3) is 0 Å². The maximum atomic E-state index is 4.48. The molecular weight excluding hydrogens is 210 g/mol. The van der Waals surface area contributed by atoms with Crippen LogP contribution in [-0.4, -0.2) is 22.1 Å². The Bertz CT molecular complexity index is 332. The first-order valence-electron chi connectivity index (χ1n) is 7.06. The lowest BCUT2D eigenvalue weighted by molar-refractivity contribution is 0.471. The molecule has 3 heteroatoms. The van der Waals surface area contributed by atoms with E-state index in [-0.39, 0.29) is 0 Å². The highest BCUT2D eigenvalue weighted by atomic mass is 15.1. The zero-order valence-corrected chi connectivity index (χ0v) is 11.2. The van der Waals surface area contributed by atoms with Crippen molar-refractivity contribution in [3.05, 3.63) is 18.2 Å². The Balaban J connectivity index is 1.81. The number of aromatic nitrogens is 2. The Morgan fingerprint density at radius 3 is 3.06 bits per heavy atom. The third-order valence-corrected chi connectivity index (χ3v) is 3.84. The summed E-state index contributed by atoms with van der Waals surface area (Å²) in [4.78, 5) is 4.48. The summed E-state index contributed by atoms with van der Waals surface area (Å²) in [5, 5.41) is 3.64. The average molecular weight is 235 g/mol. The number of rotatable bonds is 6. The zero-order valence-electron chi connectivity index (χ0n) is 11.2. The van der Waals surface area contributed by atoms with Gasteiger partial charge in [-0.15, -0.1) is 0 Å². The number of nitrogens with zero attached hydrogens (tertiary/aromatic N) is 2. The van der Waals surface area contributed by atoms with Crippen LogP contribution in [-0.2, 0) is 13.0 Å². The quantitative estimate of drug-likeness (QED) is 0.821. The second-order valence-electron chi connectivity index (χ2n) is 5.16. The van der Waals surface area contributed by atoms with Crippen molar-refractivity contribution in [1.29, 1.82) is 0 Å². The smallest absolute Gasteiger partial charge is 0.108 e. The van der Waals surface area contributed by atoms with E-state index in [4.69, 9.17) is 0 Å². The minimum atomic E-state index is 0.755. The van der Waals surface area contributed by atoms with Crippen molar-refractivity contribution in [2.75, 3.05) is 6.54 Å². The van der Waals surface area contributed by atoms with Crippen LogP contribution in [0.15, 0.2) is 12.4 Å². The van der Waals surface area contributed by atoms with Gasteiger partial charge < -0.3 is 9.88 Å². The molecule has 0 saturated heterocycles. The van der Waals surface area contributed by atoms with Crippen LogP contribution in [0, 0.1) is 5.92 Å². The van der Waals surface area contributed by atoms with Gasteiger partial charge in [0, 0.05) is 31.4 Å². The van der Waals surface area contributed by atoms with Gasteiger partial charge in [-0.1, -0.05) is 6.92 Å². The summed E-state index contributed by atoms with van der Waals surface area (Å²) in [7, 11) is 0. The Hall–Kier alpha value is -0.830. The number of nitrogens with one attached hydrogen (secondary N) is 1. The average Bonchev–Trinajstić information content (AvgIpc) is 2.96. The summed E-state index contributed by atoms with van der Waals surface area (Å²) in [6, 6.07) is 0.755. The van der Waals surface area contributed by atoms with E-state index >= 15 is 0 Å². The molecule has 2 rings (SSSR count). The van der Waals surface area contributed by atoms with Gasteiger partial charge in [0.1, 0.15) is 5.82 Å². The lowest BCUT2D eigenvalue weighted by Crippen LogP contribution is -2.27. The highest BCUT2D eigenvalue weighted by Gasteiger charge is 2.25. The van der Waals surface area contributed by atoms with Crippen molar-refractivity contribution in [2.45, 2.75) is 58.5 Å². The molecule has 1 aromatic rings. The topological polar surface area (TPSA) is 29.9 Å². The predicted octanol–water partition coefficient (Wildman–Crippen LogP) is 2.61. The van der Waals surface area contributed by atoms with Gasteiger partial charge in [-0.3, -0.25) is 0 Å². The first kappa shape index (κ1) is 12.6. The minimum Gasteiger partial charge on any atom is -0.335 e. The molecule has 0 amide bonds. The van der Waals surface area contributed by atoms with E-state index in [2.05, 4.69) is 34.9 Å². The van der Waals surface area contributed by atoms with Crippen LogP contribution in [0.3, 0.4) is 0 Å². The van der Waals surface area contributed by atoms with Gasteiger partial charge in [-0.05, 0) is 45.1 Å². The van der Waals surface area contributed by atoms with Gasteiger partial charge in [0.15, 0.2) is 0 Å². The molecule has 1 aromatic heterocycles. The Labute approximate surface area is 105 Å². The van der Waals surface area contributed by atoms with Crippen molar-refractivity contribution in [2.24, 2.45) is 5.92 Å². The summed E-state index contributed by atoms with van der Waals surface area (Å²) in [6.45, 7) is 6.63. The Morgan fingerprint density at radius 1 is 1.41 bits per heavy atom. The molecule has 0 spiro atoms. The van der Waals surface area contributed by atoms with Crippen LogP contribution in [0.25, 0.3) is 0 Å². The number of aryl methyl sites for hydroxylation is 1. The summed E-state index contributed by atoms with van der Waals surface area (Å²) in [5.41, 5.74) is 0. The maximum Gasteiger partial charge on any atom is 0.108 e. The molecule has 17 heavy (non-hydrogen) atoms. The van der Waals surface area contributed by atoms with E-state index in [9.17, 15) is 0 Å². The Kier molecular flexibility index (Phi) is 4.60. The Morgan fingerprint density at radius 2 is 2.29 bits per heavy atom. The van der Waals surface area contributed by atoms with Gasteiger partial charge in [0.2, 0.25) is 0 Å². The van der Waals surface area contributed by atoms with E-state index in [1.807, 2.05) is 6.20 Å². The standard InChI is InChI=1S/C14H25N3/c1-3-7-15-13-6-5-12(10-13)11-14-16-8-9-17(14)4-2/h8-9,12-13,15H,3-7,10-11H2,1-2H3. The van der Waals surface area contributed by atoms with Crippen molar-refractivity contribution >= 4 is 0 Å². The summed E-state index contributed by atoms with van der Waals surface area (Å²) in [6.07, 6.45) is 10.5. The van der Waals surface area contributed by atoms with Gasteiger partial charge in [-0.25, -0.2) is 4.98 Å². The highest BCUT2D eigenvalue weighted by Crippen LogP contribution is 2.28. The molecule has 2 atom stereocenters. The van der Waals surface area contributed by atoms with E-state index in [0.717, 1.165) is 24.9 Å². The largest absolute Gasteiger partial charge is 0.335 e. The third kappa shape index (κ3) is 3.32. The van der Waals surface area contributed by atoms with Gasteiger partial charge in [0.05, 0.1) is 0 Å². The first-order chi connectivity index (χ1) is 8.33. The molecule has 1 N–H and O–H groups in total. The van der Waals surface area contributed by atoms with E-state index in [0.29, 0.717) is 0 Å². The first-order valence-corrected chi connectivity index (χ1v) is 7.06. The van der Waals surface area contributed by atoms with E-state index in [1.165, 1.54) is 38.1 Å². The molecule has 1 fully saturated rings. The van der Waals surface area contributed by atoms with Gasteiger partial charge >= 0.3 is 0 Å². The zero-order chi connectivity index (χ0) is 12.1. The van der Waals surface area contributed by atoms with Crippen LogP contribution in [0.5, 0.6) is 0 Å². The molecule has 0 bridgehead atoms. The van der Waals surface area contributed by atoms with Crippen molar-refractivity contribution in [3.8, 4) is 0 Å². The molecule has 0 aromatic carbocycles. The fourth-order valence-corrected chi connectivity index (χ4v) is 2.87. The molecule has 1 saturated carbocycles. The maximum absolute atomic E-state index is 4.48. The fraction of sp³-hybridized carbons (Fsp3) is 0.786. The minimum absolute atomic E-state index is 0.755. The lowest BCUT2D eigenvalue weighted by atomic mass is 10.0. The number of hydrogen-bond donors (Lipinski definition) is 1. The highest BCUT2D eigenvalue weighted by molar-refractivity contribution is 4.96. The molecule has 3 nitrogen and oxygen atoms in total. The van der Waals surface area contributed by atoms with Crippen molar-refractivity contribution in [1.82, 2.24) is 14.9 Å². The van der Waals surface area contributed by atoms with Crippen molar-refractivity contribution in [3.63, 3.8) is 0 Å². The van der Waals surface area contributed by atoms with Crippen LogP contribution in [0.4, 0.5) is 0 Å². The fourth-order valence-electron chi connectivity index (χ4n) is 2.87.